The molecule has 29 heavy (non-hydrogen) atoms. The van der Waals surface area contributed by atoms with Crippen molar-refractivity contribution >= 4 is 22.1 Å². The van der Waals surface area contributed by atoms with Crippen molar-refractivity contribution < 1.29 is 61.6 Å². The van der Waals surface area contributed by atoms with Crippen molar-refractivity contribution in [1.82, 2.24) is 0 Å². The van der Waals surface area contributed by atoms with Crippen LogP contribution in [0.15, 0.2) is 0 Å². The van der Waals surface area contributed by atoms with Crippen LogP contribution in [-0.4, -0.2) is 42.9 Å². The van der Waals surface area contributed by atoms with E-state index in [4.69, 9.17) is 9.47 Å². The molecular formula is C20H37NaO7S. The third-order valence-corrected chi connectivity index (χ3v) is 5.91. The summed E-state index contributed by atoms with van der Waals surface area (Å²) < 4.78 is 44.8. The number of carbonyl (C=O) groups is 2. The van der Waals surface area contributed by atoms with Gasteiger partial charge in [-0.05, 0) is 31.6 Å². The van der Waals surface area contributed by atoms with Gasteiger partial charge in [0, 0.05) is 0 Å². The molecule has 0 N–H and O–H groups in total. The van der Waals surface area contributed by atoms with Gasteiger partial charge in [-0.3, -0.25) is 9.59 Å². The van der Waals surface area contributed by atoms with Crippen LogP contribution in [0.4, 0.5) is 0 Å². The van der Waals surface area contributed by atoms with E-state index in [1.165, 1.54) is 0 Å². The summed E-state index contributed by atoms with van der Waals surface area (Å²) in [5, 5.41) is -2.06. The van der Waals surface area contributed by atoms with E-state index < -0.39 is 33.7 Å². The Bertz CT molecular complexity index is 551. The number of rotatable bonds is 16. The van der Waals surface area contributed by atoms with Gasteiger partial charge in [0.15, 0.2) is 5.25 Å². The molecule has 166 valence electrons. The van der Waals surface area contributed by atoms with Gasteiger partial charge >= 0.3 is 41.5 Å². The summed E-state index contributed by atoms with van der Waals surface area (Å²) in [5.74, 6) is -1.92. The van der Waals surface area contributed by atoms with Gasteiger partial charge in [0.25, 0.3) is 0 Å². The van der Waals surface area contributed by atoms with Gasteiger partial charge in [0.1, 0.15) is 16.2 Å². The van der Waals surface area contributed by atoms with Crippen LogP contribution in [0.25, 0.3) is 0 Å². The Morgan fingerprint density at radius 1 is 0.931 bits per heavy atom. The Kier molecular flexibility index (Phi) is 18.8. The molecule has 0 aromatic rings. The molecule has 0 amide bonds. The third kappa shape index (κ3) is 14.5. The molecule has 3 unspecified atom stereocenters. The fraction of sp³-hybridized carbons (Fsp3) is 0.900. The van der Waals surface area contributed by atoms with E-state index in [0.717, 1.165) is 44.9 Å². The zero-order valence-electron chi connectivity index (χ0n) is 18.8. The Morgan fingerprint density at radius 3 is 2.03 bits per heavy atom. The third-order valence-electron chi connectivity index (χ3n) is 4.85. The average Bonchev–Trinajstić information content (AvgIpc) is 2.64. The summed E-state index contributed by atoms with van der Waals surface area (Å²) in [7, 11) is -5.02. The van der Waals surface area contributed by atoms with E-state index in [1.807, 2.05) is 13.8 Å². The summed E-state index contributed by atoms with van der Waals surface area (Å²) in [4.78, 5) is 24.3. The number of carbonyl (C=O) groups excluding carboxylic acids is 2. The predicted molar refractivity (Wildman–Crippen MR) is 107 cm³/mol. The van der Waals surface area contributed by atoms with Crippen molar-refractivity contribution in [2.75, 3.05) is 6.61 Å². The molecule has 0 aliphatic rings. The second-order valence-corrected chi connectivity index (χ2v) is 8.80. The first-order chi connectivity index (χ1) is 13.2. The minimum atomic E-state index is -5.02. The monoisotopic (exact) mass is 444 g/mol. The summed E-state index contributed by atoms with van der Waals surface area (Å²) in [6.07, 6.45) is 6.65. The molecule has 3 atom stereocenters. The zero-order valence-corrected chi connectivity index (χ0v) is 21.6. The van der Waals surface area contributed by atoms with Crippen molar-refractivity contribution in [2.24, 2.45) is 5.92 Å². The summed E-state index contributed by atoms with van der Waals surface area (Å²) in [5.41, 5.74) is 0. The molecular weight excluding hydrogens is 407 g/mol. The van der Waals surface area contributed by atoms with Gasteiger partial charge in [-0.15, -0.1) is 0 Å². The number of hydrogen-bond acceptors (Lipinski definition) is 7. The molecule has 0 aromatic carbocycles. The first kappa shape index (κ1) is 31.0. The second-order valence-electron chi connectivity index (χ2n) is 7.25. The van der Waals surface area contributed by atoms with Crippen molar-refractivity contribution in [3.8, 4) is 0 Å². The van der Waals surface area contributed by atoms with E-state index >= 15 is 0 Å². The first-order valence-electron chi connectivity index (χ1n) is 10.5. The summed E-state index contributed by atoms with van der Waals surface area (Å²) >= 11 is 0. The maximum Gasteiger partial charge on any atom is 1.00 e. The minimum Gasteiger partial charge on any atom is -0.747 e. The molecule has 0 bridgehead atoms. The molecule has 0 aliphatic heterocycles. The van der Waals surface area contributed by atoms with Crippen molar-refractivity contribution in [3.05, 3.63) is 0 Å². The van der Waals surface area contributed by atoms with Gasteiger partial charge in [-0.2, -0.15) is 0 Å². The number of hydrogen-bond donors (Lipinski definition) is 0. The molecule has 0 heterocycles. The Balaban J connectivity index is 0. The molecule has 0 radical (unpaired) electrons. The maximum absolute atomic E-state index is 12.2. The molecule has 9 heteroatoms. The topological polar surface area (TPSA) is 110 Å². The van der Waals surface area contributed by atoms with E-state index in [1.54, 1.807) is 0 Å². The maximum atomic E-state index is 12.2. The standard InChI is InChI=1S/C20H38O7S.Na/c1-5-9-11-13-17(8-4)27-19(21)14-18(28(23,24)25)20(22)26-15-16(7-3)12-10-6-2;/h16-18H,5-15H2,1-4H3,(H,23,24,25);/q;+1/p-1. The van der Waals surface area contributed by atoms with Gasteiger partial charge < -0.3 is 14.0 Å². The van der Waals surface area contributed by atoms with Gasteiger partial charge in [-0.25, -0.2) is 8.42 Å². The molecule has 0 saturated heterocycles. The molecule has 0 rings (SSSR count). The zero-order chi connectivity index (χ0) is 21.6. The smallest absolute Gasteiger partial charge is 0.747 e. The van der Waals surface area contributed by atoms with Crippen LogP contribution < -0.4 is 29.6 Å². The average molecular weight is 445 g/mol. The van der Waals surface area contributed by atoms with Crippen molar-refractivity contribution in [2.45, 2.75) is 103 Å². The van der Waals surface area contributed by atoms with Crippen molar-refractivity contribution in [3.63, 3.8) is 0 Å². The summed E-state index contributed by atoms with van der Waals surface area (Å²) in [6.45, 7) is 7.98. The molecule has 0 aliphatic carbocycles. The van der Waals surface area contributed by atoms with E-state index in [2.05, 4.69) is 13.8 Å². The van der Waals surface area contributed by atoms with E-state index in [-0.39, 0.29) is 48.2 Å². The Labute approximate surface area is 198 Å². The fourth-order valence-corrected chi connectivity index (χ4v) is 3.49. The first-order valence-corrected chi connectivity index (χ1v) is 12.0. The van der Waals surface area contributed by atoms with Crippen molar-refractivity contribution in [1.29, 1.82) is 0 Å². The second kappa shape index (κ2) is 17.5. The van der Waals surface area contributed by atoms with Crippen LogP contribution in [0.1, 0.15) is 91.9 Å². The summed E-state index contributed by atoms with van der Waals surface area (Å²) in [6, 6.07) is 0. The van der Waals surface area contributed by atoms with Crippen LogP contribution in [0.3, 0.4) is 0 Å². The molecule has 0 aromatic heterocycles. The van der Waals surface area contributed by atoms with Gasteiger partial charge in [0.2, 0.25) is 0 Å². The Hall–Kier alpha value is -0.150. The van der Waals surface area contributed by atoms with Crippen LogP contribution in [0, 0.1) is 5.92 Å². The molecule has 0 spiro atoms. The van der Waals surface area contributed by atoms with Crippen LogP contribution in [0.2, 0.25) is 0 Å². The fourth-order valence-electron chi connectivity index (χ4n) is 2.85. The normalized spacial score (nSPS) is 14.4. The van der Waals surface area contributed by atoms with Gasteiger partial charge in [0.05, 0.1) is 13.0 Å². The number of unbranched alkanes of at least 4 members (excludes halogenated alkanes) is 3. The van der Waals surface area contributed by atoms with Crippen LogP contribution in [0.5, 0.6) is 0 Å². The van der Waals surface area contributed by atoms with Crippen LogP contribution in [-0.2, 0) is 29.2 Å². The van der Waals surface area contributed by atoms with E-state index in [0.29, 0.717) is 12.8 Å². The molecule has 0 fully saturated rings. The number of esters is 2. The molecule has 0 saturated carbocycles. The number of ether oxygens (including phenoxy) is 2. The van der Waals surface area contributed by atoms with Gasteiger partial charge in [-0.1, -0.05) is 59.8 Å². The largest absolute Gasteiger partial charge is 1.00 e. The van der Waals surface area contributed by atoms with E-state index in [9.17, 15) is 22.6 Å². The Morgan fingerprint density at radius 2 is 1.55 bits per heavy atom. The SMILES string of the molecule is CCCCCC(CC)OC(=O)CC(C(=O)OCC(CC)CCCC)S(=O)(=O)[O-].[Na+]. The van der Waals surface area contributed by atoms with Crippen LogP contribution >= 0.6 is 0 Å². The quantitative estimate of drug-likeness (QED) is 0.151. The minimum absolute atomic E-state index is 0. The predicted octanol–water partition coefficient (Wildman–Crippen LogP) is 0.956. The molecule has 7 nitrogen and oxygen atoms in total.